The van der Waals surface area contributed by atoms with E-state index in [-0.39, 0.29) is 6.04 Å². The third-order valence-corrected chi connectivity index (χ3v) is 4.91. The minimum Gasteiger partial charge on any atom is -0.443 e. The van der Waals surface area contributed by atoms with Crippen molar-refractivity contribution in [2.75, 3.05) is 0 Å². The first-order valence-corrected chi connectivity index (χ1v) is 9.16. The second kappa shape index (κ2) is 7.91. The smallest absolute Gasteiger partial charge is 0.236 e. The van der Waals surface area contributed by atoms with Gasteiger partial charge in [0.15, 0.2) is 5.96 Å². The van der Waals surface area contributed by atoms with Crippen LogP contribution in [-0.4, -0.2) is 10.9 Å². The Morgan fingerprint density at radius 1 is 1.40 bits per heavy atom. The maximum atomic E-state index is 6.21. The molecule has 1 unspecified atom stereocenters. The molecule has 0 saturated heterocycles. The largest absolute Gasteiger partial charge is 0.443 e. The van der Waals surface area contributed by atoms with Crippen LogP contribution in [0.3, 0.4) is 0 Å². The molecule has 0 radical (unpaired) electrons. The van der Waals surface area contributed by atoms with Crippen LogP contribution in [0.5, 0.6) is 0 Å². The molecule has 1 atom stereocenters. The summed E-state index contributed by atoms with van der Waals surface area (Å²) in [6, 6.07) is 9.15. The molecule has 25 heavy (non-hydrogen) atoms. The number of oxazole rings is 1. The van der Waals surface area contributed by atoms with E-state index in [1.54, 1.807) is 29.7 Å². The van der Waals surface area contributed by atoms with Crippen LogP contribution < -0.4 is 11.1 Å². The maximum absolute atomic E-state index is 6.21. The van der Waals surface area contributed by atoms with Gasteiger partial charge in [0.25, 0.3) is 0 Å². The van der Waals surface area contributed by atoms with Crippen LogP contribution in [0, 0.1) is 0 Å². The predicted octanol–water partition coefficient (Wildman–Crippen LogP) is 4.88. The van der Waals surface area contributed by atoms with E-state index in [1.807, 2.05) is 30.5 Å². The van der Waals surface area contributed by atoms with Crippen molar-refractivity contribution >= 4 is 40.5 Å². The molecule has 130 valence electrons. The summed E-state index contributed by atoms with van der Waals surface area (Å²) in [4.78, 5) is 9.68. The quantitative estimate of drug-likeness (QED) is 0.477. The summed E-state index contributed by atoms with van der Waals surface area (Å²) in [5.74, 6) is 0.896. The van der Waals surface area contributed by atoms with E-state index in [1.165, 1.54) is 0 Å². The number of aromatic nitrogens is 1. The summed E-state index contributed by atoms with van der Waals surface area (Å²) in [6.45, 7) is 2.28. The van der Waals surface area contributed by atoms with Crippen molar-refractivity contribution < 1.29 is 4.42 Å². The number of guanidine groups is 1. The zero-order chi connectivity index (χ0) is 17.8. The molecule has 3 aromatic rings. The van der Waals surface area contributed by atoms with Crippen molar-refractivity contribution in [1.82, 2.24) is 10.3 Å². The highest BCUT2D eigenvalue weighted by Crippen LogP contribution is 2.26. The molecule has 0 saturated carbocycles. The number of nitrogens with one attached hydrogen (secondary N) is 1. The first-order chi connectivity index (χ1) is 12.0. The van der Waals surface area contributed by atoms with E-state index in [4.69, 9.17) is 33.4 Å². The Kier molecular flexibility index (Phi) is 5.63. The Labute approximate surface area is 159 Å². The Hall–Kier alpha value is -2.02. The number of thiophene rings is 1. The fourth-order valence-corrected chi connectivity index (χ4v) is 3.48. The molecule has 2 aromatic heterocycles. The number of aliphatic imine (C=N–C) groups is 1. The molecule has 3 N–H and O–H groups in total. The Morgan fingerprint density at radius 2 is 2.24 bits per heavy atom. The van der Waals surface area contributed by atoms with Crippen molar-refractivity contribution in [2.45, 2.75) is 19.5 Å². The lowest BCUT2D eigenvalue weighted by atomic mass is 10.1. The van der Waals surface area contributed by atoms with Gasteiger partial charge in [-0.2, -0.15) is 0 Å². The molecule has 0 aliphatic rings. The summed E-state index contributed by atoms with van der Waals surface area (Å²) in [5, 5.41) is 6.25. The van der Waals surface area contributed by atoms with Gasteiger partial charge in [0.1, 0.15) is 12.0 Å². The van der Waals surface area contributed by atoms with Crippen molar-refractivity contribution in [3.8, 4) is 10.8 Å². The Bertz CT molecular complexity index is 877. The molecule has 1 aromatic carbocycles. The third-order valence-electron chi connectivity index (χ3n) is 3.49. The molecule has 0 amide bonds. The number of hydrogen-bond donors (Lipinski definition) is 2. The molecular weight excluding hydrogens is 379 g/mol. The molecule has 0 bridgehead atoms. The summed E-state index contributed by atoms with van der Waals surface area (Å²) < 4.78 is 5.46. The number of nitrogens with zero attached hydrogens (tertiary/aromatic N) is 2. The van der Waals surface area contributed by atoms with E-state index >= 15 is 0 Å². The molecular formula is C17H16Cl2N4OS. The van der Waals surface area contributed by atoms with Gasteiger partial charge >= 0.3 is 0 Å². The molecule has 0 spiro atoms. The Balaban J connectivity index is 1.62. The van der Waals surface area contributed by atoms with Crippen molar-refractivity contribution in [1.29, 1.82) is 0 Å². The minimum absolute atomic E-state index is 0.104. The van der Waals surface area contributed by atoms with Gasteiger partial charge in [-0.3, -0.25) is 0 Å². The molecule has 8 heteroatoms. The van der Waals surface area contributed by atoms with E-state index < -0.39 is 0 Å². The van der Waals surface area contributed by atoms with Crippen LogP contribution >= 0.6 is 34.5 Å². The van der Waals surface area contributed by atoms with Crippen LogP contribution in [-0.2, 0) is 6.54 Å². The highest BCUT2D eigenvalue weighted by Gasteiger charge is 2.11. The van der Waals surface area contributed by atoms with Crippen LogP contribution in [0.4, 0.5) is 0 Å². The topological polar surface area (TPSA) is 76.4 Å². The van der Waals surface area contributed by atoms with Crippen LogP contribution in [0.2, 0.25) is 10.0 Å². The average Bonchev–Trinajstić information content (AvgIpc) is 3.24. The fraction of sp³-hybridized carbons (Fsp3) is 0.176. The van der Waals surface area contributed by atoms with Crippen molar-refractivity contribution in [3.05, 3.63) is 63.3 Å². The van der Waals surface area contributed by atoms with E-state index in [9.17, 15) is 0 Å². The molecule has 0 fully saturated rings. The van der Waals surface area contributed by atoms with Gasteiger partial charge in [0, 0.05) is 10.0 Å². The second-order valence-electron chi connectivity index (χ2n) is 5.35. The Morgan fingerprint density at radius 3 is 2.96 bits per heavy atom. The predicted molar refractivity (Wildman–Crippen MR) is 103 cm³/mol. The second-order valence-corrected chi connectivity index (χ2v) is 7.15. The first-order valence-electron chi connectivity index (χ1n) is 7.52. The molecule has 3 rings (SSSR count). The lowest BCUT2D eigenvalue weighted by Gasteiger charge is -2.16. The standard InChI is InChI=1S/C17H16Cl2N4OS/c1-10(13-5-4-11(18)7-14(13)19)22-17(20)21-8-12-9-24-16(23-12)15-3-2-6-25-15/h2-7,9-10H,8H2,1H3,(H3,20,21,22). The number of halogens is 2. The maximum Gasteiger partial charge on any atom is 0.236 e. The number of nitrogens with two attached hydrogens (primary N) is 1. The van der Waals surface area contributed by atoms with Gasteiger partial charge in [-0.15, -0.1) is 11.3 Å². The summed E-state index contributed by atoms with van der Waals surface area (Å²) in [6.07, 6.45) is 1.59. The zero-order valence-corrected chi connectivity index (χ0v) is 15.7. The average molecular weight is 395 g/mol. The molecule has 2 heterocycles. The van der Waals surface area contributed by atoms with Crippen LogP contribution in [0.1, 0.15) is 24.2 Å². The SMILES string of the molecule is CC(NC(N)=NCc1coc(-c2cccs2)n1)c1ccc(Cl)cc1Cl. The zero-order valence-electron chi connectivity index (χ0n) is 13.4. The number of benzene rings is 1. The fourth-order valence-electron chi connectivity index (χ4n) is 2.26. The lowest BCUT2D eigenvalue weighted by Crippen LogP contribution is -2.34. The third kappa shape index (κ3) is 4.54. The summed E-state index contributed by atoms with van der Waals surface area (Å²) >= 11 is 13.7. The summed E-state index contributed by atoms with van der Waals surface area (Å²) in [5.41, 5.74) is 7.56. The van der Waals surface area contributed by atoms with E-state index in [2.05, 4.69) is 15.3 Å². The molecule has 5 nitrogen and oxygen atoms in total. The van der Waals surface area contributed by atoms with Gasteiger partial charge in [-0.1, -0.05) is 35.3 Å². The summed E-state index contributed by atoms with van der Waals surface area (Å²) in [7, 11) is 0. The van der Waals surface area contributed by atoms with Gasteiger partial charge < -0.3 is 15.5 Å². The van der Waals surface area contributed by atoms with Gasteiger partial charge in [-0.25, -0.2) is 9.98 Å². The monoisotopic (exact) mass is 394 g/mol. The van der Waals surface area contributed by atoms with Crippen LogP contribution in [0.15, 0.2) is 51.4 Å². The highest BCUT2D eigenvalue weighted by atomic mass is 35.5. The number of hydrogen-bond acceptors (Lipinski definition) is 4. The number of rotatable bonds is 5. The van der Waals surface area contributed by atoms with Gasteiger partial charge in [-0.05, 0) is 36.1 Å². The highest BCUT2D eigenvalue weighted by molar-refractivity contribution is 7.13. The van der Waals surface area contributed by atoms with Gasteiger partial charge in [0.2, 0.25) is 5.89 Å². The molecule has 0 aliphatic heterocycles. The van der Waals surface area contributed by atoms with Crippen molar-refractivity contribution in [3.63, 3.8) is 0 Å². The molecule has 0 aliphatic carbocycles. The van der Waals surface area contributed by atoms with E-state index in [0.29, 0.717) is 34.1 Å². The van der Waals surface area contributed by atoms with Gasteiger partial charge in [0.05, 0.1) is 17.5 Å². The first kappa shape index (κ1) is 17.8. The normalized spacial score (nSPS) is 13.0. The van der Waals surface area contributed by atoms with E-state index in [0.717, 1.165) is 10.4 Å². The minimum atomic E-state index is -0.104. The lowest BCUT2D eigenvalue weighted by molar-refractivity contribution is 0.574. The van der Waals surface area contributed by atoms with Crippen LogP contribution in [0.25, 0.3) is 10.8 Å². The van der Waals surface area contributed by atoms with Crippen molar-refractivity contribution in [2.24, 2.45) is 10.7 Å².